The van der Waals surface area contributed by atoms with Crippen LogP contribution in [0.3, 0.4) is 0 Å². The predicted molar refractivity (Wildman–Crippen MR) is 76.2 cm³/mol. The first kappa shape index (κ1) is 13.3. The zero-order chi connectivity index (χ0) is 13.7. The molecule has 2 aromatic rings. The summed E-state index contributed by atoms with van der Waals surface area (Å²) >= 11 is 0. The number of quaternary nitrogens is 1. The van der Waals surface area contributed by atoms with Gasteiger partial charge in [0.25, 0.3) is 5.91 Å². The summed E-state index contributed by atoms with van der Waals surface area (Å²) in [6, 6.07) is 19.4. The molecule has 0 fully saturated rings. The maximum atomic E-state index is 12.1. The average molecular weight is 255 g/mol. The van der Waals surface area contributed by atoms with Crippen LogP contribution in [0.2, 0.25) is 0 Å². The highest BCUT2D eigenvalue weighted by Crippen LogP contribution is 2.07. The Labute approximate surface area is 114 Å². The van der Waals surface area contributed by atoms with Gasteiger partial charge < -0.3 is 0 Å². The molecule has 0 unspecified atom stereocenters. The minimum absolute atomic E-state index is 0.0541. The van der Waals surface area contributed by atoms with Gasteiger partial charge in [-0.25, -0.2) is 4.59 Å². The third kappa shape index (κ3) is 3.93. The fourth-order valence-electron chi connectivity index (χ4n) is 2.01. The summed E-state index contributed by atoms with van der Waals surface area (Å²) in [4.78, 5) is 12.1. The molecule has 0 aliphatic heterocycles. The molecule has 0 aliphatic carbocycles. The van der Waals surface area contributed by atoms with Gasteiger partial charge in [0.1, 0.15) is 6.54 Å². The van der Waals surface area contributed by atoms with E-state index in [0.717, 1.165) is 6.54 Å². The largest absolute Gasteiger partial charge is 0.295 e. The van der Waals surface area contributed by atoms with Gasteiger partial charge >= 0.3 is 0 Å². The first-order valence-corrected chi connectivity index (χ1v) is 6.31. The molecule has 0 saturated carbocycles. The highest BCUT2D eigenvalue weighted by atomic mass is 16.2. The average Bonchev–Trinajstić information content (AvgIpc) is 2.39. The second kappa shape index (κ2) is 5.67. The zero-order valence-electron chi connectivity index (χ0n) is 11.3. The third-order valence-corrected chi connectivity index (χ3v) is 2.86. The van der Waals surface area contributed by atoms with Crippen LogP contribution in [-0.4, -0.2) is 24.6 Å². The van der Waals surface area contributed by atoms with Gasteiger partial charge in [-0.3, -0.25) is 4.79 Å². The van der Waals surface area contributed by atoms with Gasteiger partial charge in [-0.05, 0) is 12.1 Å². The van der Waals surface area contributed by atoms with Crippen LogP contribution in [0.5, 0.6) is 0 Å². The number of hydrogen-bond acceptors (Lipinski definition) is 1. The molecule has 98 valence electrons. The molecule has 0 heterocycles. The summed E-state index contributed by atoms with van der Waals surface area (Å²) in [5.41, 5.74) is 4.90. The van der Waals surface area contributed by atoms with E-state index in [0.29, 0.717) is 10.2 Å². The van der Waals surface area contributed by atoms with Crippen molar-refractivity contribution in [2.75, 3.05) is 14.1 Å². The van der Waals surface area contributed by atoms with E-state index < -0.39 is 0 Å². The van der Waals surface area contributed by atoms with Gasteiger partial charge in [0, 0.05) is 11.1 Å². The number of hydrogen-bond donors (Lipinski definition) is 1. The van der Waals surface area contributed by atoms with E-state index in [-0.39, 0.29) is 5.91 Å². The van der Waals surface area contributed by atoms with Crippen LogP contribution in [0.4, 0.5) is 0 Å². The molecule has 3 heteroatoms. The number of benzene rings is 2. The van der Waals surface area contributed by atoms with E-state index in [1.165, 1.54) is 5.56 Å². The molecule has 1 N–H and O–H groups in total. The summed E-state index contributed by atoms with van der Waals surface area (Å²) in [7, 11) is 3.96. The van der Waals surface area contributed by atoms with Crippen molar-refractivity contribution in [1.29, 1.82) is 0 Å². The first-order valence-electron chi connectivity index (χ1n) is 6.31. The summed E-state index contributed by atoms with van der Waals surface area (Å²) < 4.78 is 0.414. The van der Waals surface area contributed by atoms with Crippen molar-refractivity contribution in [3.63, 3.8) is 0 Å². The molecule has 0 aromatic heterocycles. The van der Waals surface area contributed by atoms with Crippen LogP contribution in [0.25, 0.3) is 0 Å². The molecule has 0 radical (unpaired) electrons. The summed E-state index contributed by atoms with van der Waals surface area (Å²) in [5, 5.41) is 0. The van der Waals surface area contributed by atoms with Crippen molar-refractivity contribution in [3.8, 4) is 0 Å². The molecule has 3 nitrogen and oxygen atoms in total. The minimum atomic E-state index is -0.0541. The number of carbonyl (C=O) groups is 1. The number of amides is 1. The smallest absolute Gasteiger partial charge is 0.264 e. The van der Waals surface area contributed by atoms with Crippen LogP contribution < -0.4 is 5.43 Å². The molecule has 1 amide bonds. The second-order valence-corrected chi connectivity index (χ2v) is 5.14. The Morgan fingerprint density at radius 1 is 0.947 bits per heavy atom. The van der Waals surface area contributed by atoms with Gasteiger partial charge in [0.05, 0.1) is 14.1 Å². The maximum Gasteiger partial charge on any atom is 0.295 e. The Balaban J connectivity index is 2.03. The van der Waals surface area contributed by atoms with Crippen molar-refractivity contribution in [2.24, 2.45) is 0 Å². The molecule has 0 bridgehead atoms. The Morgan fingerprint density at radius 3 is 2.05 bits per heavy atom. The molecule has 2 rings (SSSR count). The Hall–Kier alpha value is -2.13. The lowest BCUT2D eigenvalue weighted by molar-refractivity contribution is -0.937. The molecule has 0 aliphatic rings. The van der Waals surface area contributed by atoms with E-state index in [2.05, 4.69) is 17.6 Å². The van der Waals surface area contributed by atoms with Gasteiger partial charge in [-0.2, -0.15) is 5.43 Å². The lowest BCUT2D eigenvalue weighted by Gasteiger charge is -2.29. The van der Waals surface area contributed by atoms with Crippen LogP contribution in [-0.2, 0) is 6.54 Å². The van der Waals surface area contributed by atoms with Crippen LogP contribution in [0.1, 0.15) is 15.9 Å². The van der Waals surface area contributed by atoms with E-state index >= 15 is 0 Å². The Morgan fingerprint density at radius 2 is 1.47 bits per heavy atom. The quantitative estimate of drug-likeness (QED) is 0.660. The maximum absolute atomic E-state index is 12.1. The monoisotopic (exact) mass is 255 g/mol. The molecule has 0 saturated heterocycles. The second-order valence-electron chi connectivity index (χ2n) is 5.14. The molecule has 19 heavy (non-hydrogen) atoms. The van der Waals surface area contributed by atoms with E-state index in [1.54, 1.807) is 0 Å². The van der Waals surface area contributed by atoms with E-state index in [1.807, 2.05) is 62.6 Å². The van der Waals surface area contributed by atoms with Gasteiger partial charge in [-0.1, -0.05) is 48.5 Å². The summed E-state index contributed by atoms with van der Waals surface area (Å²) in [6.07, 6.45) is 0. The fraction of sp³-hybridized carbons (Fsp3) is 0.188. The van der Waals surface area contributed by atoms with Gasteiger partial charge in [-0.15, -0.1) is 0 Å². The standard InChI is InChI=1S/C16H18N2O/c1-18(2,13-14-9-5-3-6-10-14)17-16(19)15-11-7-4-8-12-15/h3-12H,13H2,1-2H3/p+1. The minimum Gasteiger partial charge on any atom is -0.264 e. The molecule has 2 aromatic carbocycles. The molecular formula is C16H19N2O+. The molecule has 0 spiro atoms. The predicted octanol–water partition coefficient (Wildman–Crippen LogP) is 2.61. The van der Waals surface area contributed by atoms with E-state index in [4.69, 9.17) is 0 Å². The normalized spacial score (nSPS) is 11.1. The number of rotatable bonds is 4. The van der Waals surface area contributed by atoms with Crippen molar-refractivity contribution in [3.05, 3.63) is 71.8 Å². The lowest BCUT2D eigenvalue weighted by atomic mass is 10.2. The highest BCUT2D eigenvalue weighted by Gasteiger charge is 2.20. The Bertz CT molecular complexity index is 535. The molecule has 0 atom stereocenters. The van der Waals surface area contributed by atoms with Crippen molar-refractivity contribution in [1.82, 2.24) is 5.43 Å². The number of nitrogens with one attached hydrogen (secondary N) is 1. The van der Waals surface area contributed by atoms with E-state index in [9.17, 15) is 4.79 Å². The summed E-state index contributed by atoms with van der Waals surface area (Å²) in [5.74, 6) is -0.0541. The van der Waals surface area contributed by atoms with Gasteiger partial charge in [0.15, 0.2) is 0 Å². The first-order chi connectivity index (χ1) is 9.07. The third-order valence-electron chi connectivity index (χ3n) is 2.86. The Kier molecular flexibility index (Phi) is 3.97. The van der Waals surface area contributed by atoms with Gasteiger partial charge in [0.2, 0.25) is 0 Å². The van der Waals surface area contributed by atoms with Crippen molar-refractivity contribution in [2.45, 2.75) is 6.54 Å². The molecular weight excluding hydrogens is 236 g/mol. The number of carbonyl (C=O) groups excluding carboxylic acids is 1. The van der Waals surface area contributed by atoms with Crippen LogP contribution in [0, 0.1) is 0 Å². The van der Waals surface area contributed by atoms with Crippen LogP contribution in [0.15, 0.2) is 60.7 Å². The highest BCUT2D eigenvalue weighted by molar-refractivity contribution is 5.93. The topological polar surface area (TPSA) is 29.1 Å². The fourth-order valence-corrected chi connectivity index (χ4v) is 2.01. The summed E-state index contributed by atoms with van der Waals surface area (Å²) in [6.45, 7) is 0.749. The zero-order valence-corrected chi connectivity index (χ0v) is 11.3. The van der Waals surface area contributed by atoms with Crippen molar-refractivity contribution >= 4 is 5.91 Å². The van der Waals surface area contributed by atoms with Crippen molar-refractivity contribution < 1.29 is 9.39 Å². The van der Waals surface area contributed by atoms with Crippen LogP contribution >= 0.6 is 0 Å². The SMILES string of the molecule is C[N+](C)(Cc1ccccc1)NC(=O)c1ccccc1. The lowest BCUT2D eigenvalue weighted by Crippen LogP contribution is -2.53. The number of nitrogens with zero attached hydrogens (tertiary/aromatic N) is 1.